The Kier molecular flexibility index (Phi) is 5.78. The van der Waals surface area contributed by atoms with E-state index in [9.17, 15) is 4.79 Å². The Bertz CT molecular complexity index is 115. The van der Waals surface area contributed by atoms with Crippen LogP contribution in [0.25, 0.3) is 0 Å². The first-order chi connectivity index (χ1) is 5.16. The molecule has 0 aliphatic heterocycles. The zero-order chi connectivity index (χ0) is 8.69. The molecule has 4 nitrogen and oxygen atoms in total. The van der Waals surface area contributed by atoms with Crippen LogP contribution in [-0.4, -0.2) is 32.2 Å². The molecule has 0 heterocycles. The van der Waals surface area contributed by atoms with Gasteiger partial charge in [-0.05, 0) is 6.92 Å². The van der Waals surface area contributed by atoms with E-state index in [1.54, 1.807) is 14.0 Å². The van der Waals surface area contributed by atoms with Gasteiger partial charge in [0.1, 0.15) is 0 Å². The Morgan fingerprint density at radius 1 is 1.73 bits per heavy atom. The third-order valence-corrected chi connectivity index (χ3v) is 1.14. The molecule has 0 spiro atoms. The summed E-state index contributed by atoms with van der Waals surface area (Å²) in [5.74, 6) is -0.0166. The van der Waals surface area contributed by atoms with Crippen LogP contribution in [0, 0.1) is 0 Å². The van der Waals surface area contributed by atoms with Gasteiger partial charge in [0.25, 0.3) is 0 Å². The normalized spacial score (nSPS) is 12.6. The standard InChI is InChI=1S/C7H16N2O2/c1-6(8)5-7(10)9-3-4-11-2/h6H,3-5,8H2,1-2H3,(H,9,10). The zero-order valence-electron chi connectivity index (χ0n) is 7.09. The molecule has 0 aliphatic rings. The largest absolute Gasteiger partial charge is 0.383 e. The molecule has 0 bridgehead atoms. The van der Waals surface area contributed by atoms with Crippen molar-refractivity contribution in [1.82, 2.24) is 5.32 Å². The van der Waals surface area contributed by atoms with Crippen LogP contribution in [0.2, 0.25) is 0 Å². The molecule has 1 unspecified atom stereocenters. The van der Waals surface area contributed by atoms with Crippen molar-refractivity contribution < 1.29 is 9.53 Å². The number of methoxy groups -OCH3 is 1. The number of rotatable bonds is 5. The summed E-state index contributed by atoms with van der Waals surface area (Å²) in [6, 6.07) is -0.0717. The molecule has 11 heavy (non-hydrogen) atoms. The number of nitrogens with one attached hydrogen (secondary N) is 1. The fourth-order valence-corrected chi connectivity index (χ4v) is 0.657. The minimum Gasteiger partial charge on any atom is -0.383 e. The van der Waals surface area contributed by atoms with Gasteiger partial charge in [0, 0.05) is 26.1 Å². The summed E-state index contributed by atoms with van der Waals surface area (Å²) >= 11 is 0. The summed E-state index contributed by atoms with van der Waals surface area (Å²) in [4.78, 5) is 10.9. The van der Waals surface area contributed by atoms with Crippen LogP contribution >= 0.6 is 0 Å². The lowest BCUT2D eigenvalue weighted by Gasteiger charge is -2.05. The van der Waals surface area contributed by atoms with Gasteiger partial charge in [-0.25, -0.2) is 0 Å². The van der Waals surface area contributed by atoms with Crippen molar-refractivity contribution in [3.05, 3.63) is 0 Å². The first-order valence-corrected chi connectivity index (χ1v) is 3.68. The highest BCUT2D eigenvalue weighted by Gasteiger charge is 2.02. The van der Waals surface area contributed by atoms with Crippen LogP contribution in [0.4, 0.5) is 0 Å². The number of carbonyl (C=O) groups is 1. The molecule has 0 fully saturated rings. The lowest BCUT2D eigenvalue weighted by molar-refractivity contribution is -0.121. The Hall–Kier alpha value is -0.610. The van der Waals surface area contributed by atoms with E-state index in [-0.39, 0.29) is 11.9 Å². The number of hydrogen-bond donors (Lipinski definition) is 2. The molecular formula is C7H16N2O2. The topological polar surface area (TPSA) is 64.3 Å². The van der Waals surface area contributed by atoms with Gasteiger partial charge in [-0.2, -0.15) is 0 Å². The van der Waals surface area contributed by atoms with E-state index in [2.05, 4.69) is 5.32 Å². The Balaban J connectivity index is 3.23. The van der Waals surface area contributed by atoms with Crippen molar-refractivity contribution in [2.75, 3.05) is 20.3 Å². The van der Waals surface area contributed by atoms with Crippen molar-refractivity contribution in [1.29, 1.82) is 0 Å². The summed E-state index contributed by atoms with van der Waals surface area (Å²) in [5.41, 5.74) is 5.41. The molecule has 4 heteroatoms. The van der Waals surface area contributed by atoms with Gasteiger partial charge in [0.05, 0.1) is 6.61 Å². The van der Waals surface area contributed by atoms with E-state index >= 15 is 0 Å². The molecule has 0 aliphatic carbocycles. The first kappa shape index (κ1) is 10.4. The van der Waals surface area contributed by atoms with E-state index in [0.29, 0.717) is 19.6 Å². The lowest BCUT2D eigenvalue weighted by Crippen LogP contribution is -2.31. The number of ether oxygens (including phenoxy) is 1. The molecular weight excluding hydrogens is 144 g/mol. The Labute approximate surface area is 67.1 Å². The van der Waals surface area contributed by atoms with Crippen molar-refractivity contribution in [3.8, 4) is 0 Å². The van der Waals surface area contributed by atoms with Crippen LogP contribution in [0.15, 0.2) is 0 Å². The van der Waals surface area contributed by atoms with Gasteiger partial charge in [0.2, 0.25) is 5.91 Å². The summed E-state index contributed by atoms with van der Waals surface area (Å²) in [7, 11) is 1.59. The maximum atomic E-state index is 10.9. The second-order valence-corrected chi connectivity index (χ2v) is 2.52. The molecule has 0 saturated carbocycles. The summed E-state index contributed by atoms with van der Waals surface area (Å²) in [5, 5.41) is 2.67. The van der Waals surface area contributed by atoms with Crippen molar-refractivity contribution in [3.63, 3.8) is 0 Å². The predicted molar refractivity (Wildman–Crippen MR) is 43.2 cm³/mol. The molecule has 66 valence electrons. The molecule has 0 radical (unpaired) electrons. The van der Waals surface area contributed by atoms with Crippen LogP contribution in [0.3, 0.4) is 0 Å². The molecule has 0 rings (SSSR count). The van der Waals surface area contributed by atoms with Crippen LogP contribution in [-0.2, 0) is 9.53 Å². The molecule has 0 aromatic carbocycles. The van der Waals surface area contributed by atoms with Gasteiger partial charge < -0.3 is 15.8 Å². The van der Waals surface area contributed by atoms with Gasteiger partial charge in [-0.15, -0.1) is 0 Å². The third kappa shape index (κ3) is 7.29. The molecule has 0 saturated heterocycles. The number of hydrogen-bond acceptors (Lipinski definition) is 3. The fourth-order valence-electron chi connectivity index (χ4n) is 0.657. The van der Waals surface area contributed by atoms with Gasteiger partial charge in [-0.1, -0.05) is 0 Å². The maximum absolute atomic E-state index is 10.9. The quantitative estimate of drug-likeness (QED) is 0.532. The summed E-state index contributed by atoms with van der Waals surface area (Å²) in [6.07, 6.45) is 0.379. The SMILES string of the molecule is COCCNC(=O)CC(C)N. The minimum atomic E-state index is -0.0717. The first-order valence-electron chi connectivity index (χ1n) is 3.68. The zero-order valence-corrected chi connectivity index (χ0v) is 7.09. The van der Waals surface area contributed by atoms with E-state index < -0.39 is 0 Å². The van der Waals surface area contributed by atoms with Crippen molar-refractivity contribution in [2.24, 2.45) is 5.73 Å². The number of amides is 1. The second kappa shape index (κ2) is 6.12. The fraction of sp³-hybridized carbons (Fsp3) is 0.857. The number of carbonyl (C=O) groups excluding carboxylic acids is 1. The van der Waals surface area contributed by atoms with E-state index in [4.69, 9.17) is 10.5 Å². The van der Waals surface area contributed by atoms with E-state index in [0.717, 1.165) is 0 Å². The maximum Gasteiger partial charge on any atom is 0.221 e. The average Bonchev–Trinajstić information content (AvgIpc) is 1.86. The van der Waals surface area contributed by atoms with Crippen LogP contribution < -0.4 is 11.1 Å². The van der Waals surface area contributed by atoms with Crippen molar-refractivity contribution in [2.45, 2.75) is 19.4 Å². The molecule has 1 amide bonds. The summed E-state index contributed by atoms with van der Waals surface area (Å²) < 4.78 is 4.75. The average molecular weight is 160 g/mol. The molecule has 0 aromatic rings. The monoisotopic (exact) mass is 160 g/mol. The Morgan fingerprint density at radius 3 is 2.82 bits per heavy atom. The highest BCUT2D eigenvalue weighted by atomic mass is 16.5. The van der Waals surface area contributed by atoms with E-state index in [1.165, 1.54) is 0 Å². The third-order valence-electron chi connectivity index (χ3n) is 1.14. The van der Waals surface area contributed by atoms with Gasteiger partial charge in [0.15, 0.2) is 0 Å². The van der Waals surface area contributed by atoms with Gasteiger partial charge >= 0.3 is 0 Å². The molecule has 3 N–H and O–H groups in total. The van der Waals surface area contributed by atoms with Crippen molar-refractivity contribution >= 4 is 5.91 Å². The summed E-state index contributed by atoms with van der Waals surface area (Å²) in [6.45, 7) is 2.91. The van der Waals surface area contributed by atoms with Crippen LogP contribution in [0.5, 0.6) is 0 Å². The molecule has 1 atom stereocenters. The smallest absolute Gasteiger partial charge is 0.221 e. The minimum absolute atomic E-state index is 0.0166. The molecule has 0 aromatic heterocycles. The highest BCUT2D eigenvalue weighted by molar-refractivity contribution is 5.76. The number of nitrogens with two attached hydrogens (primary N) is 1. The van der Waals surface area contributed by atoms with Crippen LogP contribution in [0.1, 0.15) is 13.3 Å². The highest BCUT2D eigenvalue weighted by Crippen LogP contribution is 1.84. The lowest BCUT2D eigenvalue weighted by atomic mass is 10.2. The van der Waals surface area contributed by atoms with E-state index in [1.807, 2.05) is 0 Å². The van der Waals surface area contributed by atoms with Gasteiger partial charge in [-0.3, -0.25) is 4.79 Å². The predicted octanol–water partition coefficient (Wildman–Crippen LogP) is -0.514. The Morgan fingerprint density at radius 2 is 2.36 bits per heavy atom. The second-order valence-electron chi connectivity index (χ2n) is 2.52.